The fourth-order valence-electron chi connectivity index (χ4n) is 5.29. The van der Waals surface area contributed by atoms with Crippen molar-refractivity contribution < 1.29 is 18.0 Å². The molecular formula is C25H21F3N2O2. The summed E-state index contributed by atoms with van der Waals surface area (Å²) in [5.41, 5.74) is 2.72. The monoisotopic (exact) mass is 438 g/mol. The molecule has 1 aromatic heterocycles. The minimum atomic E-state index is -4.75. The Bertz CT molecular complexity index is 1200. The number of pyridine rings is 1. The third kappa shape index (κ3) is 3.42. The fourth-order valence-corrected chi connectivity index (χ4v) is 5.29. The molecule has 1 atom stereocenters. The molecule has 4 nitrogen and oxygen atoms in total. The maximum atomic E-state index is 13.0. The number of benzene rings is 2. The minimum Gasteiger partial charge on any atom is -0.354 e. The summed E-state index contributed by atoms with van der Waals surface area (Å²) in [7, 11) is 0. The van der Waals surface area contributed by atoms with Crippen molar-refractivity contribution in [2.24, 2.45) is 5.92 Å². The van der Waals surface area contributed by atoms with E-state index in [-0.39, 0.29) is 17.8 Å². The molecule has 3 aliphatic carbocycles. The van der Waals surface area contributed by atoms with Crippen molar-refractivity contribution in [1.82, 2.24) is 9.88 Å². The first-order valence-corrected chi connectivity index (χ1v) is 10.6. The van der Waals surface area contributed by atoms with Gasteiger partial charge in [-0.05, 0) is 46.7 Å². The van der Waals surface area contributed by atoms with Gasteiger partial charge >= 0.3 is 6.18 Å². The smallest absolute Gasteiger partial charge is 0.354 e. The van der Waals surface area contributed by atoms with Crippen molar-refractivity contribution in [2.45, 2.75) is 31.0 Å². The number of hydrogen-bond donors (Lipinski definition) is 1. The van der Waals surface area contributed by atoms with Crippen LogP contribution in [0.4, 0.5) is 13.2 Å². The van der Waals surface area contributed by atoms with Crippen molar-refractivity contribution in [2.75, 3.05) is 6.54 Å². The molecule has 0 aliphatic heterocycles. The van der Waals surface area contributed by atoms with Gasteiger partial charge in [0.25, 0.3) is 5.56 Å². The Hall–Kier alpha value is -3.35. The topological polar surface area (TPSA) is 51.1 Å². The molecule has 1 amide bonds. The number of alkyl halides is 3. The van der Waals surface area contributed by atoms with E-state index in [1.165, 1.54) is 28.5 Å². The summed E-state index contributed by atoms with van der Waals surface area (Å²) in [6, 6.07) is 18.6. The first-order chi connectivity index (χ1) is 15.3. The van der Waals surface area contributed by atoms with Gasteiger partial charge in [-0.1, -0.05) is 48.5 Å². The first kappa shape index (κ1) is 20.5. The zero-order chi connectivity index (χ0) is 22.5. The molecule has 3 aliphatic rings. The fraction of sp³-hybridized carbons (Fsp3) is 0.280. The Balaban J connectivity index is 1.34. The van der Waals surface area contributed by atoms with Crippen LogP contribution in [0.25, 0.3) is 0 Å². The van der Waals surface area contributed by atoms with Gasteiger partial charge in [-0.3, -0.25) is 9.59 Å². The summed E-state index contributed by atoms with van der Waals surface area (Å²) >= 11 is 0. The van der Waals surface area contributed by atoms with E-state index in [0.717, 1.165) is 23.1 Å². The summed E-state index contributed by atoms with van der Waals surface area (Å²) in [6.45, 7) is -0.0485. The second-order valence-electron chi connectivity index (χ2n) is 8.44. The Morgan fingerprint density at radius 1 is 0.938 bits per heavy atom. The van der Waals surface area contributed by atoms with Crippen LogP contribution in [-0.2, 0) is 17.5 Å². The molecule has 0 radical (unpaired) electrons. The highest BCUT2D eigenvalue weighted by Gasteiger charge is 2.43. The first-order valence-electron chi connectivity index (χ1n) is 10.6. The third-order valence-corrected chi connectivity index (χ3v) is 6.62. The summed E-state index contributed by atoms with van der Waals surface area (Å²) in [5, 5.41) is 2.85. The zero-order valence-corrected chi connectivity index (χ0v) is 17.1. The Morgan fingerprint density at radius 3 is 2.12 bits per heavy atom. The lowest BCUT2D eigenvalue weighted by molar-refractivity contribution is -0.139. The maximum absolute atomic E-state index is 13.0. The lowest BCUT2D eigenvalue weighted by Gasteiger charge is -2.45. The normalized spacial score (nSPS) is 21.0. The minimum absolute atomic E-state index is 0.156. The Labute approximate surface area is 182 Å². The van der Waals surface area contributed by atoms with Crippen LogP contribution in [0.3, 0.4) is 0 Å². The van der Waals surface area contributed by atoms with E-state index in [9.17, 15) is 22.8 Å². The third-order valence-electron chi connectivity index (χ3n) is 6.62. The standard InChI is InChI=1S/C25H21F3N2O2/c26-25(27,28)21-10-5-11-30(24(21)32)14-22(31)29-13-15-12-20-16-6-1-3-8-18(16)23(15)19-9-4-2-7-17(19)20/h1-11,15,20,23H,12-14H2,(H,29,31). The molecular weight excluding hydrogens is 417 g/mol. The van der Waals surface area contributed by atoms with Gasteiger partial charge < -0.3 is 9.88 Å². The van der Waals surface area contributed by atoms with Gasteiger partial charge in [0.1, 0.15) is 12.1 Å². The molecule has 2 bridgehead atoms. The van der Waals surface area contributed by atoms with Crippen molar-refractivity contribution >= 4 is 5.91 Å². The highest BCUT2D eigenvalue weighted by Crippen LogP contribution is 2.55. The number of halogens is 3. The van der Waals surface area contributed by atoms with Crippen LogP contribution >= 0.6 is 0 Å². The Morgan fingerprint density at radius 2 is 1.53 bits per heavy atom. The van der Waals surface area contributed by atoms with Gasteiger partial charge in [0, 0.05) is 24.6 Å². The summed E-state index contributed by atoms with van der Waals surface area (Å²) in [5.74, 6) is 0.116. The van der Waals surface area contributed by atoms with Crippen LogP contribution in [0, 0.1) is 5.92 Å². The Kier molecular flexibility index (Phi) is 4.92. The van der Waals surface area contributed by atoms with Gasteiger partial charge in [-0.25, -0.2) is 0 Å². The van der Waals surface area contributed by atoms with Gasteiger partial charge in [0.15, 0.2) is 0 Å². The number of hydrogen-bond acceptors (Lipinski definition) is 2. The van der Waals surface area contributed by atoms with Crippen molar-refractivity contribution in [1.29, 1.82) is 0 Å². The van der Waals surface area contributed by atoms with Gasteiger partial charge in [-0.15, -0.1) is 0 Å². The predicted octanol–water partition coefficient (Wildman–Crippen LogP) is 4.28. The van der Waals surface area contributed by atoms with E-state index in [0.29, 0.717) is 6.54 Å². The molecule has 3 aromatic rings. The van der Waals surface area contributed by atoms with Crippen LogP contribution in [0.2, 0.25) is 0 Å². The van der Waals surface area contributed by atoms with Gasteiger partial charge in [0.05, 0.1) is 0 Å². The molecule has 1 N–H and O–H groups in total. The van der Waals surface area contributed by atoms with Crippen molar-refractivity contribution in [3.8, 4) is 0 Å². The number of aromatic nitrogens is 1. The number of nitrogens with one attached hydrogen (secondary N) is 1. The average Bonchev–Trinajstić information content (AvgIpc) is 2.78. The second kappa shape index (κ2) is 7.65. The lowest BCUT2D eigenvalue weighted by Crippen LogP contribution is -2.41. The van der Waals surface area contributed by atoms with Crippen LogP contribution in [0.15, 0.2) is 71.7 Å². The number of amides is 1. The largest absolute Gasteiger partial charge is 0.421 e. The van der Waals surface area contributed by atoms with Crippen molar-refractivity contribution in [3.05, 3.63) is 105 Å². The van der Waals surface area contributed by atoms with Gasteiger partial charge in [-0.2, -0.15) is 13.2 Å². The molecule has 6 rings (SSSR count). The SMILES string of the molecule is O=C(Cn1cccc(C(F)(F)F)c1=O)NCC1CC2c3ccccc3C1c1ccccc12. The van der Waals surface area contributed by atoms with Crippen LogP contribution in [0.1, 0.15) is 46.1 Å². The highest BCUT2D eigenvalue weighted by atomic mass is 19.4. The summed E-state index contributed by atoms with van der Waals surface area (Å²) < 4.78 is 39.7. The van der Waals surface area contributed by atoms with E-state index >= 15 is 0 Å². The molecule has 164 valence electrons. The van der Waals surface area contributed by atoms with Crippen LogP contribution in [-0.4, -0.2) is 17.0 Å². The van der Waals surface area contributed by atoms with Gasteiger partial charge in [0.2, 0.25) is 5.91 Å². The highest BCUT2D eigenvalue weighted by molar-refractivity contribution is 5.75. The average molecular weight is 438 g/mol. The van der Waals surface area contributed by atoms with E-state index in [1.807, 2.05) is 24.3 Å². The second-order valence-corrected chi connectivity index (χ2v) is 8.44. The van der Waals surface area contributed by atoms with E-state index in [1.54, 1.807) is 0 Å². The van der Waals surface area contributed by atoms with E-state index < -0.39 is 29.8 Å². The predicted molar refractivity (Wildman–Crippen MR) is 113 cm³/mol. The number of fused-ring (bicyclic) bond motifs is 1. The zero-order valence-electron chi connectivity index (χ0n) is 17.1. The number of carbonyl (C=O) groups excluding carboxylic acids is 1. The molecule has 2 aromatic carbocycles. The molecule has 7 heteroatoms. The molecule has 0 spiro atoms. The van der Waals surface area contributed by atoms with Crippen molar-refractivity contribution in [3.63, 3.8) is 0 Å². The van der Waals surface area contributed by atoms with Crippen LogP contribution < -0.4 is 10.9 Å². The summed E-state index contributed by atoms with van der Waals surface area (Å²) in [6.07, 6.45) is -2.66. The molecule has 1 heterocycles. The lowest BCUT2D eigenvalue weighted by atomic mass is 9.59. The summed E-state index contributed by atoms with van der Waals surface area (Å²) in [4.78, 5) is 24.6. The maximum Gasteiger partial charge on any atom is 0.421 e. The molecule has 0 saturated carbocycles. The number of carbonyl (C=O) groups is 1. The quantitative estimate of drug-likeness (QED) is 0.661. The van der Waals surface area contributed by atoms with Crippen LogP contribution in [0.5, 0.6) is 0 Å². The molecule has 0 fully saturated rings. The van der Waals surface area contributed by atoms with E-state index in [2.05, 4.69) is 29.6 Å². The van der Waals surface area contributed by atoms with E-state index in [4.69, 9.17) is 0 Å². The molecule has 0 saturated heterocycles. The molecule has 32 heavy (non-hydrogen) atoms. The number of nitrogens with zero attached hydrogens (tertiary/aromatic N) is 1. The number of rotatable bonds is 4. The molecule has 1 unspecified atom stereocenters.